The van der Waals surface area contributed by atoms with E-state index in [4.69, 9.17) is 10.8 Å². The Morgan fingerprint density at radius 1 is 0.938 bits per heavy atom. The van der Waals surface area contributed by atoms with Crippen LogP contribution in [0, 0.1) is 10.8 Å². The van der Waals surface area contributed by atoms with Gasteiger partial charge in [0, 0.05) is 6.42 Å². The molecule has 0 saturated heterocycles. The lowest BCUT2D eigenvalue weighted by Gasteiger charge is -2.30. The average molecular weight is 440 g/mol. The van der Waals surface area contributed by atoms with Crippen molar-refractivity contribution in [2.75, 3.05) is 0 Å². The number of rotatable bonds is 10. The normalized spacial score (nSPS) is 15.9. The molecule has 1 atom stereocenters. The van der Waals surface area contributed by atoms with Crippen LogP contribution in [0.2, 0.25) is 0 Å². The summed E-state index contributed by atoms with van der Waals surface area (Å²) in [5.74, 6) is -1.85. The fraction of sp³-hybridized carbons (Fsp3) is 0.526. The van der Waals surface area contributed by atoms with Crippen molar-refractivity contribution in [3.63, 3.8) is 0 Å². The molecule has 0 aromatic carbocycles. The number of carbonyl (C=O) groups excluding carboxylic acids is 1. The van der Waals surface area contributed by atoms with Crippen molar-refractivity contribution in [1.82, 2.24) is 19.1 Å². The van der Waals surface area contributed by atoms with Crippen molar-refractivity contribution < 1.29 is 15.0 Å². The van der Waals surface area contributed by atoms with Crippen LogP contribution in [-0.2, 0) is 10.2 Å². The van der Waals surface area contributed by atoms with Crippen LogP contribution >= 0.6 is 0 Å². The highest BCUT2D eigenvalue weighted by atomic mass is 16.3. The van der Waals surface area contributed by atoms with E-state index in [1.54, 1.807) is 0 Å². The van der Waals surface area contributed by atoms with Gasteiger partial charge in [-0.25, -0.2) is 14.1 Å². The van der Waals surface area contributed by atoms with Crippen LogP contribution in [0.25, 0.3) is 0 Å². The second-order valence-corrected chi connectivity index (χ2v) is 7.77. The molecule has 2 aromatic heterocycles. The molecule has 0 fully saturated rings. The zero-order valence-corrected chi connectivity index (χ0v) is 17.8. The topological polar surface area (TPSA) is 190 Å². The molecule has 32 heavy (non-hydrogen) atoms. The van der Waals surface area contributed by atoms with E-state index in [-0.39, 0.29) is 53.8 Å². The summed E-state index contributed by atoms with van der Waals surface area (Å²) in [5.41, 5.74) is -1.63. The number of carbonyl (C=O) groups is 1. The largest absolute Gasteiger partial charge is 0.493 e. The predicted octanol–water partition coefficient (Wildman–Crippen LogP) is 3.88. The van der Waals surface area contributed by atoms with E-state index >= 15 is 0 Å². The molecule has 0 amide bonds. The molecule has 168 valence electrons. The number of azo groups is 2. The number of aromatic hydroxyl groups is 2. The molecule has 4 rings (SSSR count). The van der Waals surface area contributed by atoms with Gasteiger partial charge in [0.05, 0.1) is 0 Å². The van der Waals surface area contributed by atoms with Gasteiger partial charge in [-0.2, -0.15) is 4.98 Å². The number of hydrogen-bond acceptors (Lipinski definition) is 9. The first kappa shape index (κ1) is 21.5. The van der Waals surface area contributed by atoms with E-state index in [9.17, 15) is 15.0 Å². The zero-order chi connectivity index (χ0) is 23.0. The fourth-order valence-electron chi connectivity index (χ4n) is 4.13. The minimum Gasteiger partial charge on any atom is -0.493 e. The van der Waals surface area contributed by atoms with Crippen LogP contribution in [0.5, 0.6) is 11.8 Å². The molecule has 0 radical (unpaired) electrons. The van der Waals surface area contributed by atoms with E-state index in [1.807, 2.05) is 13.8 Å². The van der Waals surface area contributed by atoms with E-state index < -0.39 is 17.2 Å². The van der Waals surface area contributed by atoms with Crippen molar-refractivity contribution in [2.24, 2.45) is 20.5 Å². The fourth-order valence-corrected chi connectivity index (χ4v) is 4.13. The highest BCUT2D eigenvalue weighted by Gasteiger charge is 2.51. The number of nitrogens with zero attached hydrogens (tertiary/aromatic N) is 8. The Morgan fingerprint density at radius 2 is 1.62 bits per heavy atom. The number of nitrogens with one attached hydrogen (secondary N) is 2. The number of imidazole rings is 2. The van der Waals surface area contributed by atoms with Gasteiger partial charge in [0.15, 0.2) is 5.78 Å². The second kappa shape index (κ2) is 8.05. The summed E-state index contributed by atoms with van der Waals surface area (Å²) < 4.78 is 2.25. The summed E-state index contributed by atoms with van der Waals surface area (Å²) in [5, 5.41) is 52.4. The first-order valence-electron chi connectivity index (χ1n) is 10.6. The van der Waals surface area contributed by atoms with E-state index in [1.165, 1.54) is 4.57 Å². The molecule has 2 aromatic rings. The molecule has 0 spiro atoms. The van der Waals surface area contributed by atoms with E-state index in [2.05, 4.69) is 30.4 Å². The van der Waals surface area contributed by atoms with Gasteiger partial charge in [-0.1, -0.05) is 39.5 Å². The van der Waals surface area contributed by atoms with Crippen molar-refractivity contribution in [3.8, 4) is 11.8 Å². The van der Waals surface area contributed by atoms with Gasteiger partial charge in [0.25, 0.3) is 17.8 Å². The molecular weight excluding hydrogens is 416 g/mol. The molecule has 2 aliphatic rings. The van der Waals surface area contributed by atoms with Gasteiger partial charge < -0.3 is 10.2 Å². The average Bonchev–Trinajstić information content (AvgIpc) is 3.50. The number of aromatic nitrogens is 4. The monoisotopic (exact) mass is 440 g/mol. The van der Waals surface area contributed by atoms with Crippen LogP contribution in [0.15, 0.2) is 20.5 Å². The quantitative estimate of drug-likeness (QED) is 0.407. The molecular formula is C19H24N10O3. The van der Waals surface area contributed by atoms with E-state index in [0.717, 1.165) is 23.8 Å². The summed E-state index contributed by atoms with van der Waals surface area (Å²) >= 11 is 0. The van der Waals surface area contributed by atoms with Crippen molar-refractivity contribution in [3.05, 3.63) is 11.5 Å². The molecule has 0 unspecified atom stereocenters. The predicted molar refractivity (Wildman–Crippen MR) is 113 cm³/mol. The molecule has 4 heterocycles. The van der Waals surface area contributed by atoms with Crippen molar-refractivity contribution in [1.29, 1.82) is 10.8 Å². The summed E-state index contributed by atoms with van der Waals surface area (Å²) in [6, 6.07) is 0. The van der Waals surface area contributed by atoms with E-state index in [0.29, 0.717) is 12.8 Å². The SMILES string of the molecule is CCCCCC(=O)[C@@](CCCC)(c1nc2n(c1O)C(=N)N=N2)c1nc(O)c2n1C(=N)N=N2. The molecule has 0 bridgehead atoms. The lowest BCUT2D eigenvalue weighted by Crippen LogP contribution is -2.41. The molecule has 0 saturated carbocycles. The molecule has 2 aliphatic heterocycles. The van der Waals surface area contributed by atoms with Gasteiger partial charge in [-0.3, -0.25) is 15.6 Å². The third-order valence-corrected chi connectivity index (χ3v) is 5.74. The van der Waals surface area contributed by atoms with Gasteiger partial charge in [0.1, 0.15) is 16.9 Å². The summed E-state index contributed by atoms with van der Waals surface area (Å²) in [4.78, 5) is 22.5. The Bertz CT molecular complexity index is 1170. The lowest BCUT2D eigenvalue weighted by atomic mass is 9.73. The number of Topliss-reactive ketones (excluding diaryl/α,β-unsaturated/α-hetero) is 1. The number of fused-ring (bicyclic) bond motifs is 2. The standard InChI is InChI=1S/C19H24N10O3/c1-3-5-7-8-10(30)19(9-6-4-2,11-14(32)29-17(21)26-27-18(29)22-11)15-23-13(31)12-24-25-16(20)28(12)15/h20-21,31-32H,3-9H2,1-2H3/t19-/m0/s1. The van der Waals surface area contributed by atoms with Crippen LogP contribution in [0.1, 0.15) is 70.3 Å². The van der Waals surface area contributed by atoms with Crippen molar-refractivity contribution in [2.45, 2.75) is 64.2 Å². The number of hydrogen-bond donors (Lipinski definition) is 4. The third-order valence-electron chi connectivity index (χ3n) is 5.74. The minimum atomic E-state index is -1.60. The van der Waals surface area contributed by atoms with Gasteiger partial charge in [-0.15, -0.1) is 20.5 Å². The Hall–Kier alpha value is -3.77. The maximum atomic E-state index is 13.9. The lowest BCUT2D eigenvalue weighted by molar-refractivity contribution is -0.124. The van der Waals surface area contributed by atoms with Crippen LogP contribution in [0.3, 0.4) is 0 Å². The molecule has 13 heteroatoms. The Balaban J connectivity index is 1.98. The van der Waals surface area contributed by atoms with Crippen LogP contribution in [-0.4, -0.2) is 47.0 Å². The Morgan fingerprint density at radius 3 is 2.31 bits per heavy atom. The smallest absolute Gasteiger partial charge is 0.259 e. The summed E-state index contributed by atoms with van der Waals surface area (Å²) in [7, 11) is 0. The first-order chi connectivity index (χ1) is 15.4. The van der Waals surface area contributed by atoms with Crippen LogP contribution in [0.4, 0.5) is 11.8 Å². The molecule has 13 nitrogen and oxygen atoms in total. The highest BCUT2D eigenvalue weighted by molar-refractivity contribution is 5.97. The second-order valence-electron chi connectivity index (χ2n) is 7.77. The highest BCUT2D eigenvalue weighted by Crippen LogP contribution is 2.47. The maximum Gasteiger partial charge on any atom is 0.259 e. The Labute approximate surface area is 183 Å². The summed E-state index contributed by atoms with van der Waals surface area (Å²) in [6.45, 7) is 3.99. The minimum absolute atomic E-state index is 0.0190. The first-order valence-corrected chi connectivity index (χ1v) is 10.6. The van der Waals surface area contributed by atoms with Crippen LogP contribution < -0.4 is 0 Å². The summed E-state index contributed by atoms with van der Waals surface area (Å²) in [6.07, 6.45) is 4.09. The molecule has 0 aliphatic carbocycles. The Kier molecular flexibility index (Phi) is 5.40. The number of unbranched alkanes of at least 4 members (excludes halogenated alkanes) is 3. The maximum absolute atomic E-state index is 13.9. The third kappa shape index (κ3) is 3.03. The van der Waals surface area contributed by atoms with Gasteiger partial charge in [-0.05, 0) is 12.8 Å². The molecule has 4 N–H and O–H groups in total. The van der Waals surface area contributed by atoms with Crippen molar-refractivity contribution >= 4 is 29.5 Å². The van der Waals surface area contributed by atoms with Gasteiger partial charge in [0.2, 0.25) is 17.7 Å². The zero-order valence-electron chi connectivity index (χ0n) is 17.8. The number of ketones is 1. The van der Waals surface area contributed by atoms with Gasteiger partial charge >= 0.3 is 0 Å².